The maximum Gasteiger partial charge on any atom is 0.197 e. The summed E-state index contributed by atoms with van der Waals surface area (Å²) < 4.78 is 5.86. The van der Waals surface area contributed by atoms with Gasteiger partial charge in [-0.15, -0.1) is 0 Å². The van der Waals surface area contributed by atoms with Gasteiger partial charge >= 0.3 is 0 Å². The number of hydrogen-bond acceptors (Lipinski definition) is 6. The Labute approximate surface area is 164 Å². The average Bonchev–Trinajstić information content (AvgIpc) is 2.61. The Morgan fingerprint density at radius 3 is 2.32 bits per heavy atom. The lowest BCUT2D eigenvalue weighted by molar-refractivity contribution is 0.0921. The van der Waals surface area contributed by atoms with E-state index in [1.807, 2.05) is 13.8 Å². The number of ether oxygens (including phenoxy) is 1. The van der Waals surface area contributed by atoms with Gasteiger partial charge in [0.05, 0.1) is 22.5 Å². The maximum atomic E-state index is 13.0. The van der Waals surface area contributed by atoms with E-state index in [1.165, 1.54) is 12.2 Å². The summed E-state index contributed by atoms with van der Waals surface area (Å²) in [5.41, 5.74) is -1.68. The first-order chi connectivity index (χ1) is 13.0. The number of phenols is 2. The minimum Gasteiger partial charge on any atom is -0.507 e. The van der Waals surface area contributed by atoms with Crippen LogP contribution < -0.4 is 0 Å². The van der Waals surface area contributed by atoms with Gasteiger partial charge in [-0.3, -0.25) is 9.59 Å². The van der Waals surface area contributed by atoms with E-state index in [0.29, 0.717) is 5.76 Å². The molecule has 0 fully saturated rings. The topological polar surface area (TPSA) is 104 Å². The number of allylic oxidation sites excluding steroid dienone is 2. The predicted molar refractivity (Wildman–Crippen MR) is 105 cm³/mol. The van der Waals surface area contributed by atoms with E-state index in [2.05, 4.69) is 6.58 Å². The van der Waals surface area contributed by atoms with Crippen molar-refractivity contribution in [3.05, 3.63) is 59.4 Å². The number of hydrogen-bond donors (Lipinski definition) is 3. The van der Waals surface area contributed by atoms with Gasteiger partial charge in [-0.25, -0.2) is 0 Å². The Morgan fingerprint density at radius 1 is 1.21 bits per heavy atom. The molecule has 2 atom stereocenters. The van der Waals surface area contributed by atoms with Crippen LogP contribution in [0.5, 0.6) is 11.5 Å². The number of rotatable bonds is 7. The second kappa shape index (κ2) is 8.02. The van der Waals surface area contributed by atoms with Gasteiger partial charge in [0.2, 0.25) is 0 Å². The molecule has 6 nitrogen and oxygen atoms in total. The van der Waals surface area contributed by atoms with Gasteiger partial charge in [-0.05, 0) is 44.6 Å². The molecule has 3 N–H and O–H groups in total. The highest BCUT2D eigenvalue weighted by Gasteiger charge is 2.35. The van der Waals surface area contributed by atoms with Crippen LogP contribution in [0.3, 0.4) is 0 Å². The fourth-order valence-corrected chi connectivity index (χ4v) is 2.73. The van der Waals surface area contributed by atoms with Gasteiger partial charge in [-0.1, -0.05) is 26.5 Å². The van der Waals surface area contributed by atoms with Gasteiger partial charge in [-0.2, -0.15) is 0 Å². The molecule has 0 spiro atoms. The molecule has 1 aromatic carbocycles. The van der Waals surface area contributed by atoms with Gasteiger partial charge in [0.1, 0.15) is 17.6 Å². The van der Waals surface area contributed by atoms with Crippen LogP contribution in [0.1, 0.15) is 54.8 Å². The molecular weight excluding hydrogens is 360 g/mol. The van der Waals surface area contributed by atoms with Crippen LogP contribution >= 0.6 is 0 Å². The zero-order chi connectivity index (χ0) is 21.2. The quantitative estimate of drug-likeness (QED) is 0.375. The van der Waals surface area contributed by atoms with Crippen molar-refractivity contribution in [1.29, 1.82) is 0 Å². The third-order valence-corrected chi connectivity index (χ3v) is 4.61. The SMILES string of the molecule is C=C(OC(/C=C/C(C)(C)O)C1=CC(=O)c2c(O)ccc(O)c2C1=O)C(C)CC. The van der Waals surface area contributed by atoms with Crippen molar-refractivity contribution in [2.45, 2.75) is 45.8 Å². The molecular formula is C22H26O6. The van der Waals surface area contributed by atoms with Crippen LogP contribution in [0.4, 0.5) is 0 Å². The van der Waals surface area contributed by atoms with Crippen molar-refractivity contribution in [3.8, 4) is 11.5 Å². The standard InChI is InChI=1S/C22H26O6/c1-6-12(2)13(3)28-18(9-10-22(4,5)27)14-11-17(25)19-15(23)7-8-16(24)20(19)21(14)26/h7-12,18,23-24,27H,3,6H2,1-2,4-5H3/b10-9+. The van der Waals surface area contributed by atoms with E-state index in [0.717, 1.165) is 24.6 Å². The lowest BCUT2D eigenvalue weighted by atomic mass is 9.85. The van der Waals surface area contributed by atoms with Crippen molar-refractivity contribution < 1.29 is 29.6 Å². The van der Waals surface area contributed by atoms with E-state index < -0.39 is 29.0 Å². The summed E-state index contributed by atoms with van der Waals surface area (Å²) in [7, 11) is 0. The van der Waals surface area contributed by atoms with E-state index in [-0.39, 0.29) is 28.4 Å². The van der Waals surface area contributed by atoms with Gasteiger partial charge in [0, 0.05) is 11.5 Å². The summed E-state index contributed by atoms with van der Waals surface area (Å²) in [6, 6.07) is 2.31. The van der Waals surface area contributed by atoms with E-state index >= 15 is 0 Å². The molecule has 28 heavy (non-hydrogen) atoms. The number of fused-ring (bicyclic) bond motifs is 1. The van der Waals surface area contributed by atoms with Gasteiger partial charge < -0.3 is 20.1 Å². The van der Waals surface area contributed by atoms with Crippen molar-refractivity contribution in [3.63, 3.8) is 0 Å². The molecule has 0 amide bonds. The van der Waals surface area contributed by atoms with Crippen molar-refractivity contribution in [2.75, 3.05) is 0 Å². The molecule has 0 aromatic heterocycles. The van der Waals surface area contributed by atoms with E-state index in [9.17, 15) is 24.9 Å². The number of benzene rings is 1. The second-order valence-corrected chi connectivity index (χ2v) is 7.47. The minimum absolute atomic E-state index is 0.0108. The Kier molecular flexibility index (Phi) is 6.14. The van der Waals surface area contributed by atoms with E-state index in [4.69, 9.17) is 4.74 Å². The molecule has 0 heterocycles. The van der Waals surface area contributed by atoms with Crippen molar-refractivity contribution in [1.82, 2.24) is 0 Å². The number of ketones is 2. The number of carbonyl (C=O) groups excluding carboxylic acids is 2. The fraction of sp³-hybridized carbons (Fsp3) is 0.364. The second-order valence-electron chi connectivity index (χ2n) is 7.47. The lowest BCUT2D eigenvalue weighted by Gasteiger charge is -2.26. The van der Waals surface area contributed by atoms with Gasteiger partial charge in [0.25, 0.3) is 0 Å². The molecule has 2 rings (SSSR count). The Morgan fingerprint density at radius 2 is 1.79 bits per heavy atom. The zero-order valence-corrected chi connectivity index (χ0v) is 16.5. The summed E-state index contributed by atoms with van der Waals surface area (Å²) in [6.45, 7) is 10.9. The normalized spacial score (nSPS) is 16.5. The fourth-order valence-electron chi connectivity index (χ4n) is 2.73. The monoisotopic (exact) mass is 386 g/mol. The van der Waals surface area contributed by atoms with Crippen LogP contribution in [0.25, 0.3) is 0 Å². The number of aliphatic hydroxyl groups is 1. The summed E-state index contributed by atoms with van der Waals surface area (Å²) in [6.07, 6.45) is 3.81. The number of Topliss-reactive ketones (excluding diaryl/α,β-unsaturated/α-hetero) is 1. The third kappa shape index (κ3) is 4.51. The first-order valence-electron chi connectivity index (χ1n) is 9.09. The van der Waals surface area contributed by atoms with Crippen LogP contribution in [-0.2, 0) is 4.74 Å². The van der Waals surface area contributed by atoms with Crippen LogP contribution in [-0.4, -0.2) is 38.6 Å². The third-order valence-electron chi connectivity index (χ3n) is 4.61. The van der Waals surface area contributed by atoms with Crippen LogP contribution in [0.2, 0.25) is 0 Å². The molecule has 2 unspecified atom stereocenters. The molecule has 0 saturated carbocycles. The Balaban J connectivity index is 2.52. The largest absolute Gasteiger partial charge is 0.507 e. The predicted octanol–water partition coefficient (Wildman–Crippen LogP) is 3.68. The minimum atomic E-state index is -1.17. The highest BCUT2D eigenvalue weighted by molar-refractivity contribution is 6.27. The first kappa shape index (κ1) is 21.4. The smallest absolute Gasteiger partial charge is 0.197 e. The summed E-state index contributed by atoms with van der Waals surface area (Å²) >= 11 is 0. The molecule has 0 saturated heterocycles. The highest BCUT2D eigenvalue weighted by Crippen LogP contribution is 2.36. The lowest BCUT2D eigenvalue weighted by Crippen LogP contribution is -2.27. The van der Waals surface area contributed by atoms with E-state index in [1.54, 1.807) is 13.8 Å². The van der Waals surface area contributed by atoms with Crippen molar-refractivity contribution >= 4 is 11.6 Å². The molecule has 1 aliphatic carbocycles. The molecule has 0 bridgehead atoms. The Hall–Kier alpha value is -2.86. The maximum absolute atomic E-state index is 13.0. The zero-order valence-electron chi connectivity index (χ0n) is 16.5. The number of aromatic hydroxyl groups is 2. The summed E-state index contributed by atoms with van der Waals surface area (Å²) in [4.78, 5) is 25.6. The molecule has 1 aromatic rings. The molecule has 0 aliphatic heterocycles. The number of carbonyl (C=O) groups is 2. The number of phenolic OH excluding ortho intramolecular Hbond substituents is 2. The molecule has 150 valence electrons. The summed E-state index contributed by atoms with van der Waals surface area (Å²) in [5.74, 6) is -1.59. The average molecular weight is 386 g/mol. The molecule has 1 aliphatic rings. The highest BCUT2D eigenvalue weighted by atomic mass is 16.5. The van der Waals surface area contributed by atoms with Crippen LogP contribution in [0.15, 0.2) is 48.3 Å². The summed E-state index contributed by atoms with van der Waals surface area (Å²) in [5, 5.41) is 30.1. The molecule has 0 radical (unpaired) electrons. The first-order valence-corrected chi connectivity index (χ1v) is 9.09. The van der Waals surface area contributed by atoms with Crippen LogP contribution in [0, 0.1) is 5.92 Å². The Bertz CT molecular complexity index is 870. The van der Waals surface area contributed by atoms with Crippen molar-refractivity contribution in [2.24, 2.45) is 5.92 Å². The molecule has 6 heteroatoms. The van der Waals surface area contributed by atoms with Gasteiger partial charge in [0.15, 0.2) is 11.6 Å².